The number of rotatable bonds is 2. The second-order valence-electron chi connectivity index (χ2n) is 3.98. The summed E-state index contributed by atoms with van der Waals surface area (Å²) in [6.07, 6.45) is 0.739. The van der Waals surface area contributed by atoms with E-state index in [2.05, 4.69) is 29.6 Å². The van der Waals surface area contributed by atoms with E-state index < -0.39 is 0 Å². The van der Waals surface area contributed by atoms with Crippen LogP contribution in [0.1, 0.15) is 18.1 Å². The standard InChI is InChI=1S/C12H14N2O/c1-8-4-3-5-10(6-8)7-11-9(2)13-14-12(11)15/h3-6,11H,7H2,1-2H3,(H,14,15)/t11-/m1/s1. The number of hydrogen-bond acceptors (Lipinski definition) is 2. The van der Waals surface area contributed by atoms with E-state index in [9.17, 15) is 4.79 Å². The summed E-state index contributed by atoms with van der Waals surface area (Å²) < 4.78 is 0. The fourth-order valence-electron chi connectivity index (χ4n) is 1.80. The van der Waals surface area contributed by atoms with Gasteiger partial charge >= 0.3 is 0 Å². The number of carbonyl (C=O) groups is 1. The molecule has 1 aromatic carbocycles. The van der Waals surface area contributed by atoms with Crippen molar-refractivity contribution in [2.75, 3.05) is 0 Å². The Morgan fingerprint density at radius 3 is 2.80 bits per heavy atom. The van der Waals surface area contributed by atoms with E-state index in [1.165, 1.54) is 11.1 Å². The van der Waals surface area contributed by atoms with Crippen molar-refractivity contribution in [1.82, 2.24) is 5.43 Å². The van der Waals surface area contributed by atoms with Gasteiger partial charge in [0, 0.05) is 5.71 Å². The summed E-state index contributed by atoms with van der Waals surface area (Å²) in [6.45, 7) is 3.94. The Balaban J connectivity index is 2.15. The van der Waals surface area contributed by atoms with Crippen LogP contribution < -0.4 is 5.43 Å². The molecule has 1 heterocycles. The summed E-state index contributed by atoms with van der Waals surface area (Å²) in [7, 11) is 0. The van der Waals surface area contributed by atoms with Gasteiger partial charge in [0.25, 0.3) is 0 Å². The van der Waals surface area contributed by atoms with E-state index in [0.717, 1.165) is 12.1 Å². The number of aryl methyl sites for hydroxylation is 1. The summed E-state index contributed by atoms with van der Waals surface area (Å²) in [5.74, 6) is -0.0826. The molecule has 1 amide bonds. The molecule has 1 atom stereocenters. The van der Waals surface area contributed by atoms with Gasteiger partial charge in [-0.05, 0) is 25.8 Å². The van der Waals surface area contributed by atoms with Gasteiger partial charge in [-0.2, -0.15) is 5.10 Å². The highest BCUT2D eigenvalue weighted by Crippen LogP contribution is 2.15. The Morgan fingerprint density at radius 1 is 1.40 bits per heavy atom. The van der Waals surface area contributed by atoms with Crippen molar-refractivity contribution < 1.29 is 4.79 Å². The summed E-state index contributed by atoms with van der Waals surface area (Å²) in [4.78, 5) is 11.4. The van der Waals surface area contributed by atoms with Crippen LogP contribution in [0.25, 0.3) is 0 Å². The zero-order valence-electron chi connectivity index (χ0n) is 8.95. The van der Waals surface area contributed by atoms with Gasteiger partial charge in [-0.1, -0.05) is 29.8 Å². The second-order valence-corrected chi connectivity index (χ2v) is 3.98. The quantitative estimate of drug-likeness (QED) is 0.778. The molecule has 3 heteroatoms. The molecule has 0 fully saturated rings. The topological polar surface area (TPSA) is 41.5 Å². The molecule has 0 aliphatic carbocycles. The van der Waals surface area contributed by atoms with E-state index >= 15 is 0 Å². The highest BCUT2D eigenvalue weighted by atomic mass is 16.2. The van der Waals surface area contributed by atoms with Crippen molar-refractivity contribution in [3.05, 3.63) is 35.4 Å². The minimum absolute atomic E-state index is 0.00834. The maximum Gasteiger partial charge on any atom is 0.249 e. The molecule has 1 aromatic rings. The SMILES string of the molecule is CC1=NNC(=O)[C@@H]1Cc1cccc(C)c1. The van der Waals surface area contributed by atoms with E-state index in [1.54, 1.807) is 0 Å². The van der Waals surface area contributed by atoms with Gasteiger partial charge in [0.05, 0.1) is 5.92 Å². The zero-order chi connectivity index (χ0) is 10.8. The first-order valence-corrected chi connectivity index (χ1v) is 5.06. The predicted molar refractivity (Wildman–Crippen MR) is 59.6 cm³/mol. The number of benzene rings is 1. The average molecular weight is 202 g/mol. The minimum Gasteiger partial charge on any atom is -0.272 e. The summed E-state index contributed by atoms with van der Waals surface area (Å²) in [6, 6.07) is 8.23. The van der Waals surface area contributed by atoms with Crippen LogP contribution in [0.15, 0.2) is 29.4 Å². The van der Waals surface area contributed by atoms with Crippen LogP contribution in [0.4, 0.5) is 0 Å². The lowest BCUT2D eigenvalue weighted by atomic mass is 9.95. The molecule has 2 rings (SSSR count). The molecule has 0 aromatic heterocycles. The average Bonchev–Trinajstić information content (AvgIpc) is 2.50. The van der Waals surface area contributed by atoms with Gasteiger partial charge in [0.1, 0.15) is 0 Å². The zero-order valence-corrected chi connectivity index (χ0v) is 8.95. The van der Waals surface area contributed by atoms with Crippen LogP contribution in [0.3, 0.4) is 0 Å². The van der Waals surface area contributed by atoms with E-state index in [0.29, 0.717) is 0 Å². The number of carbonyl (C=O) groups excluding carboxylic acids is 1. The van der Waals surface area contributed by atoms with Crippen LogP contribution in [-0.2, 0) is 11.2 Å². The molecule has 15 heavy (non-hydrogen) atoms. The maximum absolute atomic E-state index is 11.4. The molecule has 1 aliphatic heterocycles. The van der Waals surface area contributed by atoms with Gasteiger partial charge in [-0.25, -0.2) is 5.43 Å². The van der Waals surface area contributed by atoms with Crippen LogP contribution in [0.2, 0.25) is 0 Å². The van der Waals surface area contributed by atoms with E-state index in [1.807, 2.05) is 19.1 Å². The lowest BCUT2D eigenvalue weighted by molar-refractivity contribution is -0.122. The van der Waals surface area contributed by atoms with Crippen LogP contribution in [0, 0.1) is 12.8 Å². The molecule has 0 saturated carbocycles. The molecule has 1 aliphatic rings. The van der Waals surface area contributed by atoms with Crippen LogP contribution in [0.5, 0.6) is 0 Å². The fraction of sp³-hybridized carbons (Fsp3) is 0.333. The molecule has 0 saturated heterocycles. The van der Waals surface area contributed by atoms with Crippen LogP contribution >= 0.6 is 0 Å². The van der Waals surface area contributed by atoms with Crippen molar-refractivity contribution in [3.8, 4) is 0 Å². The molecule has 0 bridgehead atoms. The fourth-order valence-corrected chi connectivity index (χ4v) is 1.80. The summed E-state index contributed by atoms with van der Waals surface area (Å²) in [5, 5.41) is 3.93. The molecule has 0 unspecified atom stereocenters. The Bertz CT molecular complexity index is 423. The maximum atomic E-state index is 11.4. The number of hydrazone groups is 1. The largest absolute Gasteiger partial charge is 0.272 e. The Hall–Kier alpha value is -1.64. The van der Waals surface area contributed by atoms with Crippen molar-refractivity contribution >= 4 is 11.6 Å². The van der Waals surface area contributed by atoms with Gasteiger partial charge in [0.2, 0.25) is 5.91 Å². The second kappa shape index (κ2) is 3.85. The molecule has 0 spiro atoms. The lowest BCUT2D eigenvalue weighted by Crippen LogP contribution is -2.24. The smallest absolute Gasteiger partial charge is 0.249 e. The number of nitrogens with one attached hydrogen (secondary N) is 1. The highest BCUT2D eigenvalue weighted by molar-refractivity contribution is 6.07. The van der Waals surface area contributed by atoms with Crippen molar-refractivity contribution in [2.45, 2.75) is 20.3 Å². The van der Waals surface area contributed by atoms with E-state index in [-0.39, 0.29) is 11.8 Å². The van der Waals surface area contributed by atoms with Crippen molar-refractivity contribution in [1.29, 1.82) is 0 Å². The number of hydrogen-bond donors (Lipinski definition) is 1. The number of nitrogens with zero attached hydrogens (tertiary/aromatic N) is 1. The van der Waals surface area contributed by atoms with Crippen molar-refractivity contribution in [3.63, 3.8) is 0 Å². The Morgan fingerprint density at radius 2 is 2.20 bits per heavy atom. The Labute approximate surface area is 89.2 Å². The third kappa shape index (κ3) is 2.06. The van der Waals surface area contributed by atoms with Crippen LogP contribution in [-0.4, -0.2) is 11.6 Å². The van der Waals surface area contributed by atoms with Gasteiger partial charge < -0.3 is 0 Å². The minimum atomic E-state index is -0.0909. The number of amides is 1. The van der Waals surface area contributed by atoms with Gasteiger partial charge in [0.15, 0.2) is 0 Å². The molecule has 78 valence electrons. The lowest BCUT2D eigenvalue weighted by Gasteiger charge is -2.08. The van der Waals surface area contributed by atoms with Gasteiger partial charge in [-0.3, -0.25) is 4.79 Å². The van der Waals surface area contributed by atoms with Gasteiger partial charge in [-0.15, -0.1) is 0 Å². The monoisotopic (exact) mass is 202 g/mol. The molecule has 1 N–H and O–H groups in total. The first kappa shape index (κ1) is 9.90. The molecular weight excluding hydrogens is 188 g/mol. The normalized spacial score (nSPS) is 20.0. The third-order valence-electron chi connectivity index (χ3n) is 2.69. The third-order valence-corrected chi connectivity index (χ3v) is 2.69. The Kier molecular flexibility index (Phi) is 2.54. The predicted octanol–water partition coefficient (Wildman–Crippen LogP) is 1.66. The first-order chi connectivity index (χ1) is 7.16. The summed E-state index contributed by atoms with van der Waals surface area (Å²) >= 11 is 0. The molecular formula is C12H14N2O. The highest BCUT2D eigenvalue weighted by Gasteiger charge is 2.26. The first-order valence-electron chi connectivity index (χ1n) is 5.06. The van der Waals surface area contributed by atoms with Crippen molar-refractivity contribution in [2.24, 2.45) is 11.0 Å². The summed E-state index contributed by atoms with van der Waals surface area (Å²) in [5.41, 5.74) is 5.79. The molecule has 3 nitrogen and oxygen atoms in total. The molecule has 0 radical (unpaired) electrons. The van der Waals surface area contributed by atoms with E-state index in [4.69, 9.17) is 0 Å².